The summed E-state index contributed by atoms with van der Waals surface area (Å²) in [5, 5.41) is 9.47. The van der Waals surface area contributed by atoms with E-state index in [1.165, 1.54) is 37.4 Å². The summed E-state index contributed by atoms with van der Waals surface area (Å²) in [5.74, 6) is 1.64. The molecule has 1 heterocycles. The highest BCUT2D eigenvalue weighted by Crippen LogP contribution is 2.46. The fourth-order valence-electron chi connectivity index (χ4n) is 1.97. The maximum absolute atomic E-state index is 11.2. The zero-order valence-corrected chi connectivity index (χ0v) is 11.8. The van der Waals surface area contributed by atoms with Crippen LogP contribution in [0.5, 0.6) is 0 Å². The van der Waals surface area contributed by atoms with Crippen molar-refractivity contribution in [3.05, 3.63) is 5.82 Å². The van der Waals surface area contributed by atoms with Gasteiger partial charge in [-0.2, -0.15) is 0 Å². The van der Waals surface area contributed by atoms with E-state index in [4.69, 9.17) is 11.5 Å². The highest BCUT2D eigenvalue weighted by molar-refractivity contribution is 7.99. The number of nitrogens with two attached hydrogens (primary N) is 2. The lowest BCUT2D eigenvalue weighted by atomic mass is 10.1. The van der Waals surface area contributed by atoms with E-state index in [0.717, 1.165) is 11.0 Å². The van der Waals surface area contributed by atoms with E-state index in [-0.39, 0.29) is 0 Å². The molecule has 19 heavy (non-hydrogen) atoms. The first kappa shape index (κ1) is 12.9. The Morgan fingerprint density at radius 1 is 1.42 bits per heavy atom. The molecule has 1 unspecified atom stereocenters. The molecule has 0 aliphatic heterocycles. The zero-order chi connectivity index (χ0) is 13.6. The predicted molar refractivity (Wildman–Crippen MR) is 72.8 cm³/mol. The minimum Gasteiger partial charge on any atom is -0.368 e. The Balaban J connectivity index is 1.76. The van der Waals surface area contributed by atoms with Crippen LogP contribution in [-0.4, -0.2) is 32.0 Å². The van der Waals surface area contributed by atoms with Gasteiger partial charge in [-0.1, -0.05) is 11.8 Å². The predicted octanol–water partition coefficient (Wildman–Crippen LogP) is 0.785. The highest BCUT2D eigenvalue weighted by Gasteiger charge is 2.37. The van der Waals surface area contributed by atoms with Crippen molar-refractivity contribution in [3.63, 3.8) is 0 Å². The number of rotatable bonds is 6. The lowest BCUT2D eigenvalue weighted by Crippen LogP contribution is -2.51. The summed E-state index contributed by atoms with van der Waals surface area (Å²) in [6.07, 6.45) is 4.82. The maximum Gasteiger partial charge on any atom is 0.238 e. The molecule has 0 saturated heterocycles. The van der Waals surface area contributed by atoms with E-state index in [0.29, 0.717) is 17.7 Å². The summed E-state index contributed by atoms with van der Waals surface area (Å²) in [6.45, 7) is 1.65. The van der Waals surface area contributed by atoms with E-state index in [1.54, 1.807) is 6.92 Å². The third-order valence-electron chi connectivity index (χ3n) is 3.61. The first-order valence-corrected chi connectivity index (χ1v) is 7.64. The van der Waals surface area contributed by atoms with E-state index in [1.807, 2.05) is 0 Å². The molecule has 1 atom stereocenters. The molecule has 1 aromatic heterocycles. The third-order valence-corrected chi connectivity index (χ3v) is 4.89. The van der Waals surface area contributed by atoms with Crippen LogP contribution in [0.25, 0.3) is 0 Å². The summed E-state index contributed by atoms with van der Waals surface area (Å²) < 4.78 is 2.25. The molecule has 2 aliphatic carbocycles. The maximum atomic E-state index is 11.2. The van der Waals surface area contributed by atoms with Crippen molar-refractivity contribution in [3.8, 4) is 0 Å². The van der Waals surface area contributed by atoms with Gasteiger partial charge in [0.1, 0.15) is 11.4 Å². The molecule has 2 aliphatic rings. The molecular weight excluding hydrogens is 262 g/mol. The zero-order valence-electron chi connectivity index (χ0n) is 11.0. The normalized spacial score (nSPS) is 22.2. The van der Waals surface area contributed by atoms with Gasteiger partial charge in [0.15, 0.2) is 5.16 Å². The van der Waals surface area contributed by atoms with Crippen LogP contribution in [0.15, 0.2) is 5.16 Å². The van der Waals surface area contributed by atoms with Crippen molar-refractivity contribution in [2.75, 3.05) is 5.75 Å². The van der Waals surface area contributed by atoms with Crippen LogP contribution >= 0.6 is 11.8 Å². The molecule has 0 bridgehead atoms. The number of aromatic nitrogens is 3. The fraction of sp³-hybridized carbons (Fsp3) is 0.750. The molecule has 7 heteroatoms. The Labute approximate surface area is 116 Å². The van der Waals surface area contributed by atoms with E-state index >= 15 is 0 Å². The Kier molecular flexibility index (Phi) is 3.05. The van der Waals surface area contributed by atoms with Gasteiger partial charge in [0.25, 0.3) is 0 Å². The second kappa shape index (κ2) is 4.49. The Morgan fingerprint density at radius 2 is 2.11 bits per heavy atom. The molecule has 1 aromatic rings. The molecule has 0 spiro atoms. The van der Waals surface area contributed by atoms with Crippen LogP contribution < -0.4 is 11.5 Å². The Morgan fingerprint density at radius 3 is 2.63 bits per heavy atom. The minimum atomic E-state index is -1.01. The fourth-order valence-corrected chi connectivity index (χ4v) is 3.02. The van der Waals surface area contributed by atoms with Gasteiger partial charge in [-0.05, 0) is 32.6 Å². The lowest BCUT2D eigenvalue weighted by Gasteiger charge is -2.19. The quantitative estimate of drug-likeness (QED) is 0.751. The van der Waals surface area contributed by atoms with Gasteiger partial charge < -0.3 is 16.0 Å². The molecule has 0 aromatic carbocycles. The van der Waals surface area contributed by atoms with Crippen LogP contribution in [0.3, 0.4) is 0 Å². The van der Waals surface area contributed by atoms with Gasteiger partial charge in [-0.3, -0.25) is 4.79 Å². The van der Waals surface area contributed by atoms with Crippen LogP contribution in [0, 0.1) is 0 Å². The molecule has 1 amide bonds. The molecule has 2 fully saturated rings. The smallest absolute Gasteiger partial charge is 0.238 e. The average molecular weight is 281 g/mol. The SMILES string of the molecule is CC(N)(CSc1nnc(C2CC2)n1C1CC1)C(N)=O. The van der Waals surface area contributed by atoms with Gasteiger partial charge in [-0.25, -0.2) is 0 Å². The van der Waals surface area contributed by atoms with Crippen LogP contribution in [0.1, 0.15) is 50.4 Å². The van der Waals surface area contributed by atoms with Crippen molar-refractivity contribution in [2.24, 2.45) is 11.5 Å². The van der Waals surface area contributed by atoms with Crippen molar-refractivity contribution in [1.29, 1.82) is 0 Å². The first-order chi connectivity index (χ1) is 8.99. The summed E-state index contributed by atoms with van der Waals surface area (Å²) in [4.78, 5) is 11.2. The number of nitrogens with zero attached hydrogens (tertiary/aromatic N) is 3. The monoisotopic (exact) mass is 281 g/mol. The number of hydrogen-bond acceptors (Lipinski definition) is 5. The largest absolute Gasteiger partial charge is 0.368 e. The minimum absolute atomic E-state index is 0.428. The summed E-state index contributed by atoms with van der Waals surface area (Å²) in [6, 6.07) is 0.547. The van der Waals surface area contributed by atoms with E-state index in [2.05, 4.69) is 14.8 Å². The topological polar surface area (TPSA) is 99.8 Å². The number of carbonyl (C=O) groups is 1. The molecule has 2 saturated carbocycles. The number of thioether (sulfide) groups is 1. The van der Waals surface area contributed by atoms with Crippen LogP contribution in [0.4, 0.5) is 0 Å². The Bertz CT molecular complexity index is 504. The lowest BCUT2D eigenvalue weighted by molar-refractivity contribution is -0.121. The van der Waals surface area contributed by atoms with Crippen LogP contribution in [0.2, 0.25) is 0 Å². The summed E-state index contributed by atoms with van der Waals surface area (Å²) >= 11 is 1.48. The molecule has 4 N–H and O–H groups in total. The molecular formula is C12H19N5OS. The van der Waals surface area contributed by atoms with Gasteiger partial charge in [0.05, 0.1) is 0 Å². The van der Waals surface area contributed by atoms with E-state index < -0.39 is 11.4 Å². The van der Waals surface area contributed by atoms with Crippen molar-refractivity contribution < 1.29 is 4.79 Å². The van der Waals surface area contributed by atoms with E-state index in [9.17, 15) is 4.79 Å². The average Bonchev–Trinajstić information content (AvgIpc) is 3.25. The number of carbonyl (C=O) groups excluding carboxylic acids is 1. The molecule has 6 nitrogen and oxygen atoms in total. The second-order valence-electron chi connectivity index (χ2n) is 5.79. The summed E-state index contributed by atoms with van der Waals surface area (Å²) in [7, 11) is 0. The Hall–Kier alpha value is -1.08. The van der Waals surface area contributed by atoms with Gasteiger partial charge in [0.2, 0.25) is 5.91 Å². The standard InChI is InChI=1S/C12H19N5OS/c1-12(14,10(13)18)6-19-11-16-15-9(7-2-3-7)17(11)8-4-5-8/h7-8H,2-6,14H2,1H3,(H2,13,18). The number of amides is 1. The molecule has 0 radical (unpaired) electrons. The van der Waals surface area contributed by atoms with Crippen LogP contribution in [-0.2, 0) is 4.79 Å². The van der Waals surface area contributed by atoms with Crippen molar-refractivity contribution in [1.82, 2.24) is 14.8 Å². The number of hydrogen-bond donors (Lipinski definition) is 2. The number of primary amides is 1. The van der Waals surface area contributed by atoms with Gasteiger partial charge in [0, 0.05) is 17.7 Å². The van der Waals surface area contributed by atoms with Gasteiger partial charge in [-0.15, -0.1) is 10.2 Å². The second-order valence-corrected chi connectivity index (χ2v) is 6.73. The first-order valence-electron chi connectivity index (χ1n) is 6.65. The molecule has 104 valence electrons. The third kappa shape index (κ3) is 2.62. The molecule has 3 rings (SSSR count). The van der Waals surface area contributed by atoms with Gasteiger partial charge >= 0.3 is 0 Å². The van der Waals surface area contributed by atoms with Crippen molar-refractivity contribution >= 4 is 17.7 Å². The highest BCUT2D eigenvalue weighted by atomic mass is 32.2. The van der Waals surface area contributed by atoms with Crippen molar-refractivity contribution in [2.45, 2.75) is 55.3 Å². The summed E-state index contributed by atoms with van der Waals surface area (Å²) in [5.41, 5.74) is 10.2.